The van der Waals surface area contributed by atoms with Crippen molar-refractivity contribution in [1.82, 2.24) is 0 Å². The number of hydrogen-bond acceptors (Lipinski definition) is 3. The van der Waals surface area contributed by atoms with E-state index >= 15 is 0 Å². The maximum absolute atomic E-state index is 12.1. The lowest BCUT2D eigenvalue weighted by Gasteiger charge is -2.16. The molecule has 0 amide bonds. The minimum Gasteiger partial charge on any atom is -0.465 e. The van der Waals surface area contributed by atoms with Gasteiger partial charge < -0.3 is 10.1 Å². The SMILES string of the molecule is CCOC(=O)C(C)C(=Nc1ccccc1I)Nc1ccccc1. The van der Waals surface area contributed by atoms with E-state index < -0.39 is 5.92 Å². The molecule has 2 aromatic carbocycles. The van der Waals surface area contributed by atoms with Crippen molar-refractivity contribution in [3.8, 4) is 0 Å². The Labute approximate surface area is 150 Å². The van der Waals surface area contributed by atoms with E-state index in [-0.39, 0.29) is 5.97 Å². The topological polar surface area (TPSA) is 50.7 Å². The van der Waals surface area contributed by atoms with Crippen molar-refractivity contribution < 1.29 is 9.53 Å². The fourth-order valence-electron chi connectivity index (χ4n) is 1.95. The zero-order chi connectivity index (χ0) is 16.7. The first kappa shape index (κ1) is 17.5. The highest BCUT2D eigenvalue weighted by Crippen LogP contribution is 2.22. The second kappa shape index (κ2) is 8.67. The van der Waals surface area contributed by atoms with E-state index in [9.17, 15) is 4.79 Å². The van der Waals surface area contributed by atoms with Gasteiger partial charge in [-0.2, -0.15) is 0 Å². The molecular formula is C18H19IN2O2. The quantitative estimate of drug-likeness (QED) is 0.331. The number of halogens is 1. The van der Waals surface area contributed by atoms with Gasteiger partial charge in [0.1, 0.15) is 11.8 Å². The van der Waals surface area contributed by atoms with Gasteiger partial charge in [-0.15, -0.1) is 0 Å². The van der Waals surface area contributed by atoms with E-state index in [4.69, 9.17) is 4.74 Å². The largest absolute Gasteiger partial charge is 0.465 e. The van der Waals surface area contributed by atoms with Crippen molar-refractivity contribution in [2.75, 3.05) is 11.9 Å². The van der Waals surface area contributed by atoms with Crippen LogP contribution in [0.5, 0.6) is 0 Å². The Bertz CT molecular complexity index is 686. The maximum Gasteiger partial charge on any atom is 0.316 e. The number of nitrogens with one attached hydrogen (secondary N) is 1. The number of hydrogen-bond donors (Lipinski definition) is 1. The molecule has 0 saturated heterocycles. The molecule has 1 N–H and O–H groups in total. The van der Waals surface area contributed by atoms with Gasteiger partial charge in [-0.3, -0.25) is 4.79 Å². The van der Waals surface area contributed by atoms with E-state index in [2.05, 4.69) is 32.9 Å². The summed E-state index contributed by atoms with van der Waals surface area (Å²) >= 11 is 2.23. The summed E-state index contributed by atoms with van der Waals surface area (Å²) in [6, 6.07) is 17.5. The van der Waals surface area contributed by atoms with Crippen LogP contribution in [0.3, 0.4) is 0 Å². The smallest absolute Gasteiger partial charge is 0.316 e. The predicted octanol–water partition coefficient (Wildman–Crippen LogP) is 4.63. The van der Waals surface area contributed by atoms with Crippen LogP contribution < -0.4 is 5.32 Å². The van der Waals surface area contributed by atoms with Crippen molar-refractivity contribution in [3.05, 3.63) is 58.2 Å². The molecule has 0 aliphatic heterocycles. The Kier molecular flexibility index (Phi) is 6.58. The van der Waals surface area contributed by atoms with E-state index in [1.165, 1.54) is 0 Å². The molecule has 0 aliphatic carbocycles. The molecule has 0 heterocycles. The summed E-state index contributed by atoms with van der Waals surface area (Å²) in [5, 5.41) is 3.24. The Morgan fingerprint density at radius 2 is 1.83 bits per heavy atom. The Balaban J connectivity index is 2.34. The van der Waals surface area contributed by atoms with Gasteiger partial charge in [-0.1, -0.05) is 30.3 Å². The lowest BCUT2D eigenvalue weighted by atomic mass is 10.1. The van der Waals surface area contributed by atoms with E-state index in [0.717, 1.165) is 14.9 Å². The number of nitrogens with zero attached hydrogens (tertiary/aromatic N) is 1. The normalized spacial score (nSPS) is 12.6. The molecule has 2 aromatic rings. The zero-order valence-corrected chi connectivity index (χ0v) is 15.3. The number of ether oxygens (including phenoxy) is 1. The van der Waals surface area contributed by atoms with Gasteiger partial charge in [-0.05, 0) is 60.7 Å². The van der Waals surface area contributed by atoms with Crippen LogP contribution in [0, 0.1) is 9.49 Å². The second-order valence-corrected chi connectivity index (χ2v) is 6.08. The first-order valence-electron chi connectivity index (χ1n) is 7.43. The van der Waals surface area contributed by atoms with Crippen molar-refractivity contribution in [2.24, 2.45) is 10.9 Å². The van der Waals surface area contributed by atoms with Crippen molar-refractivity contribution >= 4 is 45.8 Å². The summed E-state index contributed by atoms with van der Waals surface area (Å²) < 4.78 is 6.15. The number of anilines is 1. The molecule has 1 unspecified atom stereocenters. The van der Waals surface area contributed by atoms with Crippen LogP contribution in [0.25, 0.3) is 0 Å². The fraction of sp³-hybridized carbons (Fsp3) is 0.222. The van der Waals surface area contributed by atoms with Crippen LogP contribution >= 0.6 is 22.6 Å². The molecule has 0 spiro atoms. The monoisotopic (exact) mass is 422 g/mol. The molecule has 1 atom stereocenters. The van der Waals surface area contributed by atoms with Crippen molar-refractivity contribution in [1.29, 1.82) is 0 Å². The van der Waals surface area contributed by atoms with Crippen LogP contribution in [0.2, 0.25) is 0 Å². The molecule has 0 aliphatic rings. The van der Waals surface area contributed by atoms with E-state index in [1.54, 1.807) is 13.8 Å². The summed E-state index contributed by atoms with van der Waals surface area (Å²) in [6.07, 6.45) is 0. The molecule has 23 heavy (non-hydrogen) atoms. The molecule has 2 rings (SSSR count). The number of benzene rings is 2. The predicted molar refractivity (Wildman–Crippen MR) is 102 cm³/mol. The highest BCUT2D eigenvalue weighted by atomic mass is 127. The molecule has 0 aromatic heterocycles. The van der Waals surface area contributed by atoms with E-state index in [1.807, 2.05) is 54.6 Å². The third-order valence-electron chi connectivity index (χ3n) is 3.19. The minimum absolute atomic E-state index is 0.291. The molecule has 120 valence electrons. The van der Waals surface area contributed by atoms with Crippen LogP contribution in [0.15, 0.2) is 59.6 Å². The number of aliphatic imine (C=N–C) groups is 1. The summed E-state index contributed by atoms with van der Waals surface area (Å²) in [5.41, 5.74) is 1.70. The first-order valence-corrected chi connectivity index (χ1v) is 8.51. The molecule has 0 bridgehead atoms. The van der Waals surface area contributed by atoms with Crippen molar-refractivity contribution in [2.45, 2.75) is 13.8 Å². The van der Waals surface area contributed by atoms with Gasteiger partial charge in [0.15, 0.2) is 0 Å². The number of amidine groups is 1. The van der Waals surface area contributed by atoms with Gasteiger partial charge in [0.05, 0.1) is 12.3 Å². The molecule has 0 saturated carbocycles. The van der Waals surface area contributed by atoms with Crippen LogP contribution in [0.1, 0.15) is 13.8 Å². The number of para-hydroxylation sites is 2. The fourth-order valence-corrected chi connectivity index (χ4v) is 2.46. The number of rotatable bonds is 5. The van der Waals surface area contributed by atoms with Gasteiger partial charge >= 0.3 is 5.97 Å². The Morgan fingerprint density at radius 3 is 2.48 bits per heavy atom. The molecule has 0 fully saturated rings. The third-order valence-corrected chi connectivity index (χ3v) is 4.10. The number of esters is 1. The van der Waals surface area contributed by atoms with Crippen LogP contribution in [-0.4, -0.2) is 18.4 Å². The average Bonchev–Trinajstić information content (AvgIpc) is 2.56. The van der Waals surface area contributed by atoms with Gasteiger partial charge in [0, 0.05) is 9.26 Å². The van der Waals surface area contributed by atoms with Gasteiger partial charge in [0.25, 0.3) is 0 Å². The third kappa shape index (κ3) is 5.06. The number of carbonyl (C=O) groups is 1. The highest BCUT2D eigenvalue weighted by molar-refractivity contribution is 14.1. The summed E-state index contributed by atoms with van der Waals surface area (Å²) in [5.74, 6) is -0.203. The Morgan fingerprint density at radius 1 is 1.17 bits per heavy atom. The first-order chi connectivity index (χ1) is 11.1. The lowest BCUT2D eigenvalue weighted by molar-refractivity contribution is -0.145. The molecule has 4 nitrogen and oxygen atoms in total. The maximum atomic E-state index is 12.1. The lowest BCUT2D eigenvalue weighted by Crippen LogP contribution is -2.29. The summed E-state index contributed by atoms with van der Waals surface area (Å²) in [6.45, 7) is 3.94. The summed E-state index contributed by atoms with van der Waals surface area (Å²) in [7, 11) is 0. The minimum atomic E-state index is -0.480. The zero-order valence-electron chi connectivity index (χ0n) is 13.1. The van der Waals surface area contributed by atoms with E-state index in [0.29, 0.717) is 12.4 Å². The molecular weight excluding hydrogens is 403 g/mol. The summed E-state index contributed by atoms with van der Waals surface area (Å²) in [4.78, 5) is 16.8. The van der Waals surface area contributed by atoms with Crippen LogP contribution in [0.4, 0.5) is 11.4 Å². The van der Waals surface area contributed by atoms with Crippen molar-refractivity contribution in [3.63, 3.8) is 0 Å². The van der Waals surface area contributed by atoms with Gasteiger partial charge in [-0.25, -0.2) is 4.99 Å². The van der Waals surface area contributed by atoms with Gasteiger partial charge in [0.2, 0.25) is 0 Å². The highest BCUT2D eigenvalue weighted by Gasteiger charge is 2.21. The number of carbonyl (C=O) groups excluding carboxylic acids is 1. The molecule has 5 heteroatoms. The average molecular weight is 422 g/mol. The molecule has 0 radical (unpaired) electrons. The second-order valence-electron chi connectivity index (χ2n) is 4.91. The Hall–Kier alpha value is -1.89. The standard InChI is InChI=1S/C18H19IN2O2/c1-3-23-18(22)13(2)17(20-14-9-5-4-6-10-14)21-16-12-8-7-11-15(16)19/h4-13H,3H2,1-2H3,(H,20,21). The van der Waals surface area contributed by atoms with Crippen LogP contribution in [-0.2, 0) is 9.53 Å².